The average molecular weight is 347 g/mol. The van der Waals surface area contributed by atoms with Crippen LogP contribution in [0.15, 0.2) is 33.3 Å². The van der Waals surface area contributed by atoms with Gasteiger partial charge in [-0.15, -0.1) is 11.3 Å². The van der Waals surface area contributed by atoms with Gasteiger partial charge in [0.05, 0.1) is 10.6 Å². The maximum atomic E-state index is 14.3. The molecule has 0 atom stereocenters. The molecule has 124 valence electrons. The number of thiophene rings is 1. The van der Waals surface area contributed by atoms with Crippen LogP contribution >= 0.6 is 11.3 Å². The summed E-state index contributed by atoms with van der Waals surface area (Å²) in [4.78, 5) is 0.481. The summed E-state index contributed by atoms with van der Waals surface area (Å²) in [6.45, 7) is 3.50. The fraction of sp³-hybridized carbons (Fsp3) is 0.125. The van der Waals surface area contributed by atoms with Crippen LogP contribution in [0.25, 0.3) is 22.3 Å². The van der Waals surface area contributed by atoms with E-state index in [-0.39, 0.29) is 17.1 Å². The normalized spacial score (nSPS) is 11.9. The van der Waals surface area contributed by atoms with E-state index in [4.69, 9.17) is 15.5 Å². The van der Waals surface area contributed by atoms with Crippen LogP contribution in [-0.2, 0) is 0 Å². The molecule has 4 N–H and O–H groups in total. The molecular formula is C16H14FN3O3S. The fourth-order valence-electron chi connectivity index (χ4n) is 2.60. The van der Waals surface area contributed by atoms with Crippen LogP contribution in [0.5, 0.6) is 5.75 Å². The zero-order valence-corrected chi connectivity index (χ0v) is 13.7. The molecule has 0 saturated carbocycles. The predicted molar refractivity (Wildman–Crippen MR) is 88.9 cm³/mol. The lowest BCUT2D eigenvalue weighted by molar-refractivity contribution is 0.319. The van der Waals surface area contributed by atoms with Gasteiger partial charge >= 0.3 is 0 Å². The van der Waals surface area contributed by atoms with Crippen molar-refractivity contribution in [2.45, 2.75) is 13.8 Å². The van der Waals surface area contributed by atoms with Gasteiger partial charge < -0.3 is 20.6 Å². The third kappa shape index (κ3) is 2.50. The molecular weight excluding hydrogens is 333 g/mol. The summed E-state index contributed by atoms with van der Waals surface area (Å²) in [5.41, 5.74) is 8.47. The molecule has 0 aliphatic carbocycles. The largest absolute Gasteiger partial charge is 0.508 e. The summed E-state index contributed by atoms with van der Waals surface area (Å²) < 4.78 is 19.6. The number of aromatic nitrogens is 1. The first kappa shape index (κ1) is 16.0. The molecule has 0 spiro atoms. The number of oxime groups is 1. The monoisotopic (exact) mass is 347 g/mol. The van der Waals surface area contributed by atoms with Gasteiger partial charge in [-0.05, 0) is 26.0 Å². The predicted octanol–water partition coefficient (Wildman–Crippen LogP) is 3.63. The van der Waals surface area contributed by atoms with Crippen LogP contribution in [0.2, 0.25) is 0 Å². The molecule has 2 aromatic heterocycles. The Hall–Kier alpha value is -2.87. The lowest BCUT2D eigenvalue weighted by atomic mass is 9.95. The van der Waals surface area contributed by atoms with E-state index in [1.807, 2.05) is 0 Å². The zero-order valence-electron chi connectivity index (χ0n) is 12.9. The van der Waals surface area contributed by atoms with Crippen LogP contribution in [0, 0.1) is 19.7 Å². The topological polar surface area (TPSA) is 105 Å². The molecule has 0 saturated heterocycles. The number of aromatic hydroxyl groups is 1. The average Bonchev–Trinajstić information content (AvgIpc) is 3.10. The van der Waals surface area contributed by atoms with E-state index < -0.39 is 5.82 Å². The van der Waals surface area contributed by atoms with Crippen molar-refractivity contribution in [2.75, 3.05) is 0 Å². The number of aryl methyl sites for hydroxylation is 2. The van der Waals surface area contributed by atoms with Crippen molar-refractivity contribution in [1.29, 1.82) is 0 Å². The van der Waals surface area contributed by atoms with Gasteiger partial charge in [0.15, 0.2) is 5.84 Å². The Balaban J connectivity index is 2.35. The molecule has 0 amide bonds. The second-order valence-corrected chi connectivity index (χ2v) is 6.08. The van der Waals surface area contributed by atoms with E-state index in [1.165, 1.54) is 23.5 Å². The molecule has 3 rings (SSSR count). The molecule has 6 nitrogen and oxygen atoms in total. The molecule has 24 heavy (non-hydrogen) atoms. The fourth-order valence-corrected chi connectivity index (χ4v) is 3.57. The van der Waals surface area contributed by atoms with Gasteiger partial charge in [0, 0.05) is 33.7 Å². The highest BCUT2D eigenvalue weighted by atomic mass is 32.1. The third-order valence-electron chi connectivity index (χ3n) is 3.66. The first-order chi connectivity index (χ1) is 11.4. The van der Waals surface area contributed by atoms with Crippen molar-refractivity contribution >= 4 is 17.2 Å². The second-order valence-electron chi connectivity index (χ2n) is 5.20. The van der Waals surface area contributed by atoms with Gasteiger partial charge in [0.2, 0.25) is 0 Å². The van der Waals surface area contributed by atoms with Gasteiger partial charge in [-0.2, -0.15) is 0 Å². The highest BCUT2D eigenvalue weighted by Crippen LogP contribution is 2.43. The molecule has 0 bridgehead atoms. The SMILES string of the molecule is Cc1noc(C)c1-c1c(-c2ccc(O)cc2F)csc1/C(N)=N/O. The van der Waals surface area contributed by atoms with E-state index in [0.29, 0.717) is 33.0 Å². The molecule has 0 radical (unpaired) electrons. The van der Waals surface area contributed by atoms with Crippen LogP contribution in [0.1, 0.15) is 16.3 Å². The second kappa shape index (κ2) is 5.97. The smallest absolute Gasteiger partial charge is 0.180 e. The number of benzene rings is 1. The van der Waals surface area contributed by atoms with Gasteiger partial charge in [0.1, 0.15) is 17.3 Å². The van der Waals surface area contributed by atoms with E-state index in [9.17, 15) is 9.50 Å². The molecule has 1 aromatic carbocycles. The van der Waals surface area contributed by atoms with Crippen molar-refractivity contribution in [2.24, 2.45) is 10.9 Å². The maximum absolute atomic E-state index is 14.3. The summed E-state index contributed by atoms with van der Waals surface area (Å²) in [6, 6.07) is 3.91. The molecule has 0 aliphatic heterocycles. The number of hydrogen-bond donors (Lipinski definition) is 3. The standard InChI is InChI=1S/C16H14FN3O3S/c1-7-13(8(2)23-20-7)14-11(6-24-15(14)16(18)19-22)10-4-3-9(21)5-12(10)17/h3-6,21-22H,1-2H3,(H2,18,19). The van der Waals surface area contributed by atoms with Crippen molar-refractivity contribution in [3.05, 3.63) is 45.7 Å². The Morgan fingerprint density at radius 2 is 2.04 bits per heavy atom. The van der Waals surface area contributed by atoms with Crippen molar-refractivity contribution < 1.29 is 19.2 Å². The summed E-state index contributed by atoms with van der Waals surface area (Å²) in [7, 11) is 0. The number of phenols is 1. The van der Waals surface area contributed by atoms with Crippen LogP contribution in [0.4, 0.5) is 4.39 Å². The van der Waals surface area contributed by atoms with Gasteiger partial charge in [0.25, 0.3) is 0 Å². The Morgan fingerprint density at radius 1 is 1.29 bits per heavy atom. The molecule has 8 heteroatoms. The Kier molecular flexibility index (Phi) is 3.98. The summed E-state index contributed by atoms with van der Waals surface area (Å²) in [6.07, 6.45) is 0. The zero-order chi connectivity index (χ0) is 17.4. The molecule has 3 aromatic rings. The van der Waals surface area contributed by atoms with Gasteiger partial charge in [-0.3, -0.25) is 0 Å². The highest BCUT2D eigenvalue weighted by Gasteiger charge is 2.25. The number of hydrogen-bond acceptors (Lipinski definition) is 6. The summed E-state index contributed by atoms with van der Waals surface area (Å²) >= 11 is 1.22. The molecule has 0 fully saturated rings. The Morgan fingerprint density at radius 3 is 2.62 bits per heavy atom. The lowest BCUT2D eigenvalue weighted by Crippen LogP contribution is -2.12. The lowest BCUT2D eigenvalue weighted by Gasteiger charge is -2.08. The number of nitrogens with zero attached hydrogens (tertiary/aromatic N) is 2. The Labute approximate surface area is 140 Å². The van der Waals surface area contributed by atoms with Crippen molar-refractivity contribution in [1.82, 2.24) is 5.16 Å². The third-order valence-corrected chi connectivity index (χ3v) is 4.66. The number of amidine groups is 1. The first-order valence-electron chi connectivity index (χ1n) is 6.95. The van der Waals surface area contributed by atoms with E-state index in [2.05, 4.69) is 10.3 Å². The number of halogens is 1. The van der Waals surface area contributed by atoms with Crippen molar-refractivity contribution in [3.63, 3.8) is 0 Å². The van der Waals surface area contributed by atoms with E-state index >= 15 is 0 Å². The number of phenolic OH excluding ortho intramolecular Hbond substituents is 1. The molecule has 2 heterocycles. The number of rotatable bonds is 3. The van der Waals surface area contributed by atoms with Crippen LogP contribution < -0.4 is 5.73 Å². The molecule has 0 aliphatic rings. The van der Waals surface area contributed by atoms with Gasteiger partial charge in [-0.25, -0.2) is 4.39 Å². The summed E-state index contributed by atoms with van der Waals surface area (Å²) in [5.74, 6) is -0.285. The maximum Gasteiger partial charge on any atom is 0.180 e. The van der Waals surface area contributed by atoms with Gasteiger partial charge in [-0.1, -0.05) is 10.3 Å². The summed E-state index contributed by atoms with van der Waals surface area (Å²) in [5, 5.41) is 27.2. The minimum absolute atomic E-state index is 0.0829. The van der Waals surface area contributed by atoms with Crippen LogP contribution in [0.3, 0.4) is 0 Å². The van der Waals surface area contributed by atoms with Crippen LogP contribution in [-0.4, -0.2) is 21.3 Å². The quantitative estimate of drug-likeness (QED) is 0.290. The Bertz CT molecular complexity index is 927. The molecule has 0 unspecified atom stereocenters. The van der Waals surface area contributed by atoms with E-state index in [1.54, 1.807) is 19.2 Å². The first-order valence-corrected chi connectivity index (χ1v) is 7.83. The van der Waals surface area contributed by atoms with E-state index in [0.717, 1.165) is 6.07 Å². The number of nitrogens with two attached hydrogens (primary N) is 1. The highest BCUT2D eigenvalue weighted by molar-refractivity contribution is 7.13. The minimum Gasteiger partial charge on any atom is -0.508 e. The van der Waals surface area contributed by atoms with Crippen molar-refractivity contribution in [3.8, 4) is 28.0 Å². The minimum atomic E-state index is -0.577.